The van der Waals surface area contributed by atoms with Crippen LogP contribution in [-0.4, -0.2) is 11.8 Å². The molecule has 0 unspecified atom stereocenters. The van der Waals surface area contributed by atoms with Crippen molar-refractivity contribution in [2.75, 3.05) is 0 Å². The molecule has 0 aliphatic heterocycles. The summed E-state index contributed by atoms with van der Waals surface area (Å²) in [6, 6.07) is 12.5. The molecule has 0 spiro atoms. The van der Waals surface area contributed by atoms with E-state index in [2.05, 4.69) is 0 Å². The largest absolute Gasteiger partial charge is 0.461 e. The van der Waals surface area contributed by atoms with Crippen molar-refractivity contribution in [3.05, 3.63) is 70.5 Å². The van der Waals surface area contributed by atoms with Gasteiger partial charge < -0.3 is 4.74 Å². The van der Waals surface area contributed by atoms with E-state index in [1.807, 2.05) is 0 Å². The summed E-state index contributed by atoms with van der Waals surface area (Å²) in [5.41, 5.74) is 0.797. The minimum atomic E-state index is -0.537. The van der Waals surface area contributed by atoms with Crippen molar-refractivity contribution < 1.29 is 18.7 Å². The Kier molecular flexibility index (Phi) is 5.67. The third kappa shape index (κ3) is 4.67. The molecule has 2 aromatic carbocycles. The van der Waals surface area contributed by atoms with Gasteiger partial charge >= 0.3 is 5.97 Å². The van der Waals surface area contributed by atoms with E-state index in [4.69, 9.17) is 16.3 Å². The van der Waals surface area contributed by atoms with Gasteiger partial charge in [0.2, 0.25) is 0 Å². The molecule has 0 aliphatic carbocycles. The number of carbonyl (C=O) groups is 2. The standard InChI is InChI=1S/C17H14ClFO3/c18-14-7-5-12(6-8-14)16(20)9-10-17(21)22-11-13-3-1-2-4-15(13)19/h1-8H,9-11H2. The van der Waals surface area contributed by atoms with Gasteiger partial charge in [0, 0.05) is 22.6 Å². The fourth-order valence-corrected chi connectivity index (χ4v) is 1.97. The van der Waals surface area contributed by atoms with Crippen LogP contribution in [0, 0.1) is 5.82 Å². The number of ether oxygens (including phenoxy) is 1. The number of esters is 1. The predicted octanol–water partition coefficient (Wildman–Crippen LogP) is 4.19. The average Bonchev–Trinajstić information content (AvgIpc) is 2.52. The third-order valence-corrected chi connectivity index (χ3v) is 3.32. The quantitative estimate of drug-likeness (QED) is 0.592. The van der Waals surface area contributed by atoms with E-state index in [0.29, 0.717) is 16.1 Å². The summed E-state index contributed by atoms with van der Waals surface area (Å²) in [6.45, 7) is -0.138. The molecule has 0 N–H and O–H groups in total. The normalized spacial score (nSPS) is 10.3. The number of carbonyl (C=O) groups excluding carboxylic acids is 2. The van der Waals surface area contributed by atoms with Crippen molar-refractivity contribution in [2.24, 2.45) is 0 Å². The van der Waals surface area contributed by atoms with Crippen molar-refractivity contribution >= 4 is 23.4 Å². The molecule has 3 nitrogen and oxygen atoms in total. The molecule has 5 heteroatoms. The number of halogens is 2. The summed E-state index contributed by atoms with van der Waals surface area (Å²) in [4.78, 5) is 23.5. The van der Waals surface area contributed by atoms with Crippen LogP contribution in [0.25, 0.3) is 0 Å². The second-order valence-corrected chi connectivity index (χ2v) is 5.12. The van der Waals surface area contributed by atoms with Gasteiger partial charge in [-0.2, -0.15) is 0 Å². The van der Waals surface area contributed by atoms with Crippen molar-refractivity contribution in [3.63, 3.8) is 0 Å². The Hall–Kier alpha value is -2.20. The van der Waals surface area contributed by atoms with E-state index >= 15 is 0 Å². The maximum atomic E-state index is 13.4. The van der Waals surface area contributed by atoms with Gasteiger partial charge in [-0.05, 0) is 30.3 Å². The molecular formula is C17H14ClFO3. The first-order chi connectivity index (χ1) is 10.6. The molecule has 22 heavy (non-hydrogen) atoms. The van der Waals surface area contributed by atoms with E-state index in [1.54, 1.807) is 42.5 Å². The molecule has 0 aromatic heterocycles. The highest BCUT2D eigenvalue weighted by molar-refractivity contribution is 6.30. The summed E-state index contributed by atoms with van der Waals surface area (Å²) in [6.07, 6.45) is -0.00630. The van der Waals surface area contributed by atoms with E-state index in [0.717, 1.165) is 0 Å². The van der Waals surface area contributed by atoms with Gasteiger partial charge in [0.25, 0.3) is 0 Å². The Morgan fingerprint density at radius 2 is 1.68 bits per heavy atom. The van der Waals surface area contributed by atoms with Crippen molar-refractivity contribution in [3.8, 4) is 0 Å². The van der Waals surface area contributed by atoms with Crippen LogP contribution in [0.4, 0.5) is 4.39 Å². The van der Waals surface area contributed by atoms with Gasteiger partial charge in [0.1, 0.15) is 12.4 Å². The fraction of sp³-hybridized carbons (Fsp3) is 0.176. The summed E-state index contributed by atoms with van der Waals surface area (Å²) in [7, 11) is 0. The van der Waals surface area contributed by atoms with Gasteiger partial charge in [-0.15, -0.1) is 0 Å². The highest BCUT2D eigenvalue weighted by Crippen LogP contribution is 2.13. The number of Topliss-reactive ketones (excluding diaryl/α,β-unsaturated/α-hetero) is 1. The Morgan fingerprint density at radius 1 is 1.00 bits per heavy atom. The predicted molar refractivity (Wildman–Crippen MR) is 81.2 cm³/mol. The lowest BCUT2D eigenvalue weighted by Crippen LogP contribution is -2.08. The summed E-state index contributed by atoms with van der Waals surface area (Å²) < 4.78 is 18.3. The zero-order valence-electron chi connectivity index (χ0n) is 11.7. The summed E-state index contributed by atoms with van der Waals surface area (Å²) in [5.74, 6) is -1.13. The molecule has 0 aliphatic rings. The van der Waals surface area contributed by atoms with Crippen molar-refractivity contribution in [1.29, 1.82) is 0 Å². The highest BCUT2D eigenvalue weighted by atomic mass is 35.5. The van der Waals surface area contributed by atoms with Crippen molar-refractivity contribution in [2.45, 2.75) is 19.4 Å². The Bertz CT molecular complexity index is 668. The van der Waals surface area contributed by atoms with Gasteiger partial charge in [-0.1, -0.05) is 29.8 Å². The Labute approximate surface area is 132 Å². The number of benzene rings is 2. The van der Waals surface area contributed by atoms with Crippen LogP contribution in [-0.2, 0) is 16.1 Å². The first-order valence-corrected chi connectivity index (χ1v) is 7.12. The minimum Gasteiger partial charge on any atom is -0.461 e. The van der Waals surface area contributed by atoms with Crippen LogP contribution >= 0.6 is 11.6 Å². The third-order valence-electron chi connectivity index (χ3n) is 3.07. The second-order valence-electron chi connectivity index (χ2n) is 4.68. The molecule has 0 amide bonds. The number of ketones is 1. The molecule has 0 saturated carbocycles. The molecule has 0 bridgehead atoms. The minimum absolute atomic E-state index is 0.0394. The molecule has 2 aromatic rings. The Balaban J connectivity index is 1.79. The van der Waals surface area contributed by atoms with Crippen LogP contribution in [0.5, 0.6) is 0 Å². The smallest absolute Gasteiger partial charge is 0.306 e. The summed E-state index contributed by atoms with van der Waals surface area (Å²) in [5, 5.41) is 0.542. The number of hydrogen-bond donors (Lipinski definition) is 0. The average molecular weight is 321 g/mol. The van der Waals surface area contributed by atoms with E-state index in [-0.39, 0.29) is 25.2 Å². The molecule has 0 heterocycles. The molecular weight excluding hydrogens is 307 g/mol. The van der Waals surface area contributed by atoms with Crippen LogP contribution in [0.1, 0.15) is 28.8 Å². The number of rotatable bonds is 6. The zero-order valence-corrected chi connectivity index (χ0v) is 12.5. The van der Waals surface area contributed by atoms with Crippen LogP contribution in [0.15, 0.2) is 48.5 Å². The lowest BCUT2D eigenvalue weighted by atomic mass is 10.1. The van der Waals surface area contributed by atoms with Gasteiger partial charge in [0.05, 0.1) is 6.42 Å². The van der Waals surface area contributed by atoms with E-state index in [1.165, 1.54) is 6.07 Å². The topological polar surface area (TPSA) is 43.4 Å². The SMILES string of the molecule is O=C(CCC(=O)c1ccc(Cl)cc1)OCc1ccccc1F. The molecule has 114 valence electrons. The molecule has 0 fully saturated rings. The Morgan fingerprint density at radius 3 is 2.36 bits per heavy atom. The zero-order chi connectivity index (χ0) is 15.9. The lowest BCUT2D eigenvalue weighted by molar-refractivity contribution is -0.144. The maximum Gasteiger partial charge on any atom is 0.306 e. The first-order valence-electron chi connectivity index (χ1n) is 6.74. The summed E-state index contributed by atoms with van der Waals surface area (Å²) >= 11 is 5.74. The first kappa shape index (κ1) is 16.2. The van der Waals surface area contributed by atoms with E-state index in [9.17, 15) is 14.0 Å². The second kappa shape index (κ2) is 7.71. The van der Waals surface area contributed by atoms with Crippen molar-refractivity contribution in [1.82, 2.24) is 0 Å². The van der Waals surface area contributed by atoms with Crippen LogP contribution < -0.4 is 0 Å². The fourth-order valence-electron chi connectivity index (χ4n) is 1.84. The van der Waals surface area contributed by atoms with E-state index < -0.39 is 11.8 Å². The maximum absolute atomic E-state index is 13.4. The number of hydrogen-bond acceptors (Lipinski definition) is 3. The van der Waals surface area contributed by atoms with Gasteiger partial charge in [-0.3, -0.25) is 9.59 Å². The highest BCUT2D eigenvalue weighted by Gasteiger charge is 2.11. The van der Waals surface area contributed by atoms with Gasteiger partial charge in [-0.25, -0.2) is 4.39 Å². The molecule has 0 radical (unpaired) electrons. The molecule has 2 rings (SSSR count). The molecule has 0 saturated heterocycles. The molecule has 0 atom stereocenters. The van der Waals surface area contributed by atoms with Gasteiger partial charge in [0.15, 0.2) is 5.78 Å². The lowest BCUT2D eigenvalue weighted by Gasteiger charge is -2.06. The van der Waals surface area contributed by atoms with Crippen LogP contribution in [0.3, 0.4) is 0 Å². The van der Waals surface area contributed by atoms with Crippen LogP contribution in [0.2, 0.25) is 5.02 Å². The monoisotopic (exact) mass is 320 g/mol.